The molecule has 1 aromatic heterocycles. The monoisotopic (exact) mass is 299 g/mol. The summed E-state index contributed by atoms with van der Waals surface area (Å²) in [4.78, 5) is 13.9. The Balaban J connectivity index is 2.35. The van der Waals surface area contributed by atoms with Gasteiger partial charge in [0.05, 0.1) is 17.1 Å². The van der Waals surface area contributed by atoms with E-state index in [0.29, 0.717) is 15.8 Å². The second-order valence-electron chi connectivity index (χ2n) is 3.55. The third kappa shape index (κ3) is 3.46. The highest BCUT2D eigenvalue weighted by Gasteiger charge is 2.11. The maximum atomic E-state index is 10.7. The van der Waals surface area contributed by atoms with E-state index in [0.717, 1.165) is 12.1 Å². The molecule has 0 radical (unpaired) electrons. The molecule has 2 aromatic rings. The van der Waals surface area contributed by atoms with Gasteiger partial charge >= 0.3 is 0 Å². The molecule has 6 nitrogen and oxygen atoms in total. The van der Waals surface area contributed by atoms with Crippen LogP contribution in [0.5, 0.6) is 11.6 Å². The molecule has 2 rings (SSSR count). The number of benzene rings is 1. The minimum Gasteiger partial charge on any atom is -0.439 e. The fraction of sp³-hybridized carbons (Fsp3) is 0. The fourth-order valence-corrected chi connectivity index (χ4v) is 1.88. The molecule has 0 amide bonds. The van der Waals surface area contributed by atoms with Gasteiger partial charge in [0.25, 0.3) is 5.69 Å². The minimum atomic E-state index is -0.587. The van der Waals surface area contributed by atoms with Crippen LogP contribution in [-0.4, -0.2) is 9.91 Å². The molecular weight excluding hydrogens is 293 g/mol. The number of halogens is 2. The maximum absolute atomic E-state index is 10.7. The molecule has 19 heavy (non-hydrogen) atoms. The van der Waals surface area contributed by atoms with E-state index in [1.54, 1.807) is 0 Å². The maximum Gasteiger partial charge on any atom is 0.278 e. The first-order chi connectivity index (χ1) is 8.94. The van der Waals surface area contributed by atoms with Crippen LogP contribution in [0.3, 0.4) is 0 Å². The van der Waals surface area contributed by atoms with E-state index in [1.165, 1.54) is 18.2 Å². The largest absolute Gasteiger partial charge is 0.439 e. The first kappa shape index (κ1) is 13.4. The van der Waals surface area contributed by atoms with Crippen molar-refractivity contribution in [2.24, 2.45) is 0 Å². The van der Waals surface area contributed by atoms with Crippen LogP contribution in [0.1, 0.15) is 0 Å². The Hall–Kier alpha value is -2.05. The number of pyridine rings is 1. The van der Waals surface area contributed by atoms with E-state index in [4.69, 9.17) is 33.7 Å². The van der Waals surface area contributed by atoms with Crippen molar-refractivity contribution in [3.63, 3.8) is 0 Å². The van der Waals surface area contributed by atoms with E-state index in [2.05, 4.69) is 4.98 Å². The van der Waals surface area contributed by atoms with Crippen molar-refractivity contribution in [3.8, 4) is 11.6 Å². The van der Waals surface area contributed by atoms with Crippen LogP contribution in [0.15, 0.2) is 30.3 Å². The third-order valence-electron chi connectivity index (χ3n) is 2.08. The molecular formula is C11H7Cl2N3O3. The van der Waals surface area contributed by atoms with Gasteiger partial charge in [-0.05, 0) is 18.2 Å². The average Bonchev–Trinajstić information content (AvgIpc) is 2.26. The Morgan fingerprint density at radius 2 is 1.79 bits per heavy atom. The summed E-state index contributed by atoms with van der Waals surface area (Å²) in [5.41, 5.74) is 5.25. The molecule has 0 aliphatic carbocycles. The van der Waals surface area contributed by atoms with Gasteiger partial charge in [-0.25, -0.2) is 0 Å². The molecule has 0 atom stereocenters. The number of hydrogen-bond acceptors (Lipinski definition) is 5. The zero-order chi connectivity index (χ0) is 14.0. The van der Waals surface area contributed by atoms with Crippen molar-refractivity contribution in [2.75, 3.05) is 5.73 Å². The Bertz CT molecular complexity index is 629. The average molecular weight is 300 g/mol. The summed E-state index contributed by atoms with van der Waals surface area (Å²) in [6, 6.07) is 6.84. The van der Waals surface area contributed by atoms with Crippen molar-refractivity contribution in [1.82, 2.24) is 4.98 Å². The number of hydrogen-bond donors (Lipinski definition) is 1. The number of nitrogens with zero attached hydrogens (tertiary/aromatic N) is 2. The number of ether oxygens (including phenoxy) is 1. The number of nitro groups is 1. The normalized spacial score (nSPS) is 10.2. The van der Waals surface area contributed by atoms with Crippen LogP contribution in [0, 0.1) is 10.1 Å². The lowest BCUT2D eigenvalue weighted by molar-refractivity contribution is -0.384. The summed E-state index contributed by atoms with van der Waals surface area (Å²) >= 11 is 11.6. The van der Waals surface area contributed by atoms with Crippen LogP contribution < -0.4 is 10.5 Å². The van der Waals surface area contributed by atoms with Gasteiger partial charge in [-0.2, -0.15) is 4.98 Å². The fourth-order valence-electron chi connectivity index (χ4n) is 1.38. The molecule has 0 fully saturated rings. The predicted octanol–water partition coefficient (Wildman–Crippen LogP) is 3.67. The molecule has 0 aliphatic heterocycles. The van der Waals surface area contributed by atoms with Gasteiger partial charge in [0.15, 0.2) is 0 Å². The molecule has 0 aliphatic rings. The van der Waals surface area contributed by atoms with E-state index in [-0.39, 0.29) is 17.4 Å². The molecule has 0 bridgehead atoms. The zero-order valence-corrected chi connectivity index (χ0v) is 10.9. The van der Waals surface area contributed by atoms with Gasteiger partial charge in [-0.3, -0.25) is 10.1 Å². The lowest BCUT2D eigenvalue weighted by Crippen LogP contribution is -1.97. The highest BCUT2D eigenvalue weighted by molar-refractivity contribution is 6.34. The van der Waals surface area contributed by atoms with Crippen molar-refractivity contribution >= 4 is 34.7 Å². The van der Waals surface area contributed by atoms with E-state index in [9.17, 15) is 10.1 Å². The lowest BCUT2D eigenvalue weighted by atomic mass is 10.3. The quantitative estimate of drug-likeness (QED) is 0.689. The Labute approximate surface area is 117 Å². The van der Waals surface area contributed by atoms with Crippen molar-refractivity contribution in [2.45, 2.75) is 0 Å². The summed E-state index contributed by atoms with van der Waals surface area (Å²) in [6.07, 6.45) is 0. The molecule has 2 N–H and O–H groups in total. The first-order valence-corrected chi connectivity index (χ1v) is 5.75. The first-order valence-electron chi connectivity index (χ1n) is 5.00. The summed E-state index contributed by atoms with van der Waals surface area (Å²) in [5, 5.41) is 11.4. The minimum absolute atomic E-state index is 0.00923. The van der Waals surface area contributed by atoms with E-state index < -0.39 is 4.92 Å². The number of rotatable bonds is 3. The third-order valence-corrected chi connectivity index (χ3v) is 2.51. The SMILES string of the molecule is Nc1cc([N+](=O)[O-])cc(Oc2cc(Cl)cc(Cl)c2)n1. The number of aromatic nitrogens is 1. The molecule has 98 valence electrons. The van der Waals surface area contributed by atoms with Gasteiger partial charge in [0.2, 0.25) is 5.88 Å². The summed E-state index contributed by atoms with van der Waals surface area (Å²) < 4.78 is 5.35. The van der Waals surface area contributed by atoms with Gasteiger partial charge in [-0.15, -0.1) is 0 Å². The Kier molecular flexibility index (Phi) is 3.73. The molecule has 1 heterocycles. The van der Waals surface area contributed by atoms with Gasteiger partial charge in [0.1, 0.15) is 11.6 Å². The molecule has 0 unspecified atom stereocenters. The molecule has 0 spiro atoms. The second kappa shape index (κ2) is 5.29. The van der Waals surface area contributed by atoms with Gasteiger partial charge in [0, 0.05) is 10.0 Å². The number of nitrogens with two attached hydrogens (primary N) is 1. The predicted molar refractivity (Wildman–Crippen MR) is 71.8 cm³/mol. The van der Waals surface area contributed by atoms with Crippen molar-refractivity contribution in [3.05, 3.63) is 50.5 Å². The second-order valence-corrected chi connectivity index (χ2v) is 4.43. The highest BCUT2D eigenvalue weighted by Crippen LogP contribution is 2.29. The highest BCUT2D eigenvalue weighted by atomic mass is 35.5. The molecule has 0 saturated carbocycles. The van der Waals surface area contributed by atoms with Gasteiger partial charge in [-0.1, -0.05) is 23.2 Å². The van der Waals surface area contributed by atoms with Crippen LogP contribution in [0.4, 0.5) is 11.5 Å². The number of nitrogen functional groups attached to an aromatic ring is 1. The van der Waals surface area contributed by atoms with Crippen molar-refractivity contribution < 1.29 is 9.66 Å². The standard InChI is InChI=1S/C11H7Cl2N3O3/c12-6-1-7(13)3-9(2-6)19-11-5-8(16(17)18)4-10(14)15-11/h1-5H,(H2,14,15). The Morgan fingerprint density at radius 3 is 2.37 bits per heavy atom. The summed E-state index contributed by atoms with van der Waals surface area (Å²) in [6.45, 7) is 0. The molecule has 8 heteroatoms. The summed E-state index contributed by atoms with van der Waals surface area (Å²) in [7, 11) is 0. The molecule has 1 aromatic carbocycles. The van der Waals surface area contributed by atoms with Crippen LogP contribution in [0.2, 0.25) is 10.0 Å². The van der Waals surface area contributed by atoms with Crippen molar-refractivity contribution in [1.29, 1.82) is 0 Å². The number of anilines is 1. The summed E-state index contributed by atoms with van der Waals surface area (Å²) in [5.74, 6) is 0.284. The van der Waals surface area contributed by atoms with Crippen LogP contribution >= 0.6 is 23.2 Å². The topological polar surface area (TPSA) is 91.3 Å². The smallest absolute Gasteiger partial charge is 0.278 e. The van der Waals surface area contributed by atoms with Gasteiger partial charge < -0.3 is 10.5 Å². The zero-order valence-electron chi connectivity index (χ0n) is 9.34. The molecule has 0 saturated heterocycles. The lowest BCUT2D eigenvalue weighted by Gasteiger charge is -2.06. The van der Waals surface area contributed by atoms with Crippen LogP contribution in [0.25, 0.3) is 0 Å². The Morgan fingerprint density at radius 1 is 1.16 bits per heavy atom. The van der Waals surface area contributed by atoms with E-state index in [1.807, 2.05) is 0 Å². The van der Waals surface area contributed by atoms with E-state index >= 15 is 0 Å². The van der Waals surface area contributed by atoms with Crippen LogP contribution in [-0.2, 0) is 0 Å².